The molecule has 0 aromatic heterocycles. The monoisotopic (exact) mass is 377 g/mol. The summed E-state index contributed by atoms with van der Waals surface area (Å²) in [5, 5.41) is 21.7. The lowest BCUT2D eigenvalue weighted by Gasteiger charge is -1.97. The van der Waals surface area contributed by atoms with Crippen molar-refractivity contribution < 1.29 is 14.6 Å². The van der Waals surface area contributed by atoms with E-state index >= 15 is 0 Å². The van der Waals surface area contributed by atoms with Crippen LogP contribution in [0.3, 0.4) is 0 Å². The molecule has 0 spiro atoms. The maximum absolute atomic E-state index is 11.0. The van der Waals surface area contributed by atoms with E-state index < -0.39 is 0 Å². The molecule has 7 heteroatoms. The van der Waals surface area contributed by atoms with Crippen LogP contribution in [0.25, 0.3) is 0 Å². The maximum atomic E-state index is 11.0. The number of carbonyl (C=O) groups excluding carboxylic acids is 1. The van der Waals surface area contributed by atoms with Gasteiger partial charge in [0, 0.05) is 12.8 Å². The first-order valence-electron chi connectivity index (χ1n) is 9.34. The van der Waals surface area contributed by atoms with Gasteiger partial charge in [0.1, 0.15) is 0 Å². The Kier molecular flexibility index (Phi) is 15.3. The fourth-order valence-corrected chi connectivity index (χ4v) is 2.32. The summed E-state index contributed by atoms with van der Waals surface area (Å²) in [7, 11) is 0. The van der Waals surface area contributed by atoms with Crippen molar-refractivity contribution in [2.75, 3.05) is 0 Å². The maximum Gasteiger partial charge on any atom is 0.246 e. The highest BCUT2D eigenvalue weighted by Crippen LogP contribution is 2.10. The van der Waals surface area contributed by atoms with Crippen molar-refractivity contribution in [3.05, 3.63) is 68.1 Å². The number of hydrogen-bond donors (Lipinski definition) is 0. The summed E-state index contributed by atoms with van der Waals surface area (Å²) >= 11 is 0. The van der Waals surface area contributed by atoms with Crippen molar-refractivity contribution in [2.24, 2.45) is 0 Å². The minimum atomic E-state index is -0.372. The van der Waals surface area contributed by atoms with Gasteiger partial charge in [-0.1, -0.05) is 44.1 Å². The third-order valence-electron chi connectivity index (χ3n) is 3.87. The molecule has 0 fully saturated rings. The lowest BCUT2D eigenvalue weighted by atomic mass is 10.1. The average Bonchev–Trinajstić information content (AvgIpc) is 2.63. The summed E-state index contributed by atoms with van der Waals surface area (Å²) < 4.78 is 0. The number of nitrogens with zero attached hydrogens (tertiary/aromatic N) is 2. The quantitative estimate of drug-likeness (QED) is 0.154. The molecule has 0 rings (SSSR count). The number of unbranched alkanes of at least 4 members (excludes halogenated alkanes) is 5. The predicted molar refractivity (Wildman–Crippen MR) is 106 cm³/mol. The van der Waals surface area contributed by atoms with Crippen LogP contribution < -0.4 is 0 Å². The van der Waals surface area contributed by atoms with Crippen LogP contribution in [-0.4, -0.2) is 16.1 Å². The molecule has 0 aliphatic carbocycles. The molecule has 0 aromatic rings. The van der Waals surface area contributed by atoms with Gasteiger partial charge in [0.2, 0.25) is 11.4 Å². The van der Waals surface area contributed by atoms with E-state index in [1.807, 2.05) is 24.5 Å². The topological polar surface area (TPSA) is 103 Å². The van der Waals surface area contributed by atoms with Crippen LogP contribution in [0.5, 0.6) is 0 Å². The van der Waals surface area contributed by atoms with Crippen molar-refractivity contribution in [3.63, 3.8) is 0 Å². The largest absolute Gasteiger partial charge is 0.291 e. The van der Waals surface area contributed by atoms with Gasteiger partial charge in [0.15, 0.2) is 6.29 Å². The van der Waals surface area contributed by atoms with Crippen LogP contribution in [-0.2, 0) is 4.79 Å². The van der Waals surface area contributed by atoms with Gasteiger partial charge >= 0.3 is 0 Å². The van der Waals surface area contributed by atoms with Crippen molar-refractivity contribution in [2.45, 2.75) is 71.1 Å². The Balaban J connectivity index is 4.14. The van der Waals surface area contributed by atoms with E-state index in [2.05, 4.69) is 0 Å². The Bertz CT molecular complexity index is 577. The third-order valence-corrected chi connectivity index (χ3v) is 3.87. The standard InChI is InChI=1S/C20H29N2O5/c1-2-19(21(24)25)15-11-7-3-4-8-12-16-20(22(26)27)17-13-9-5-6-10-14-18-23/h3,7-8,12,15,17H,2,4-6,9-11,13-14,16H2,1H3/b7-3-,12-8-,19-15+,20-17+. The van der Waals surface area contributed by atoms with Crippen molar-refractivity contribution >= 4 is 6.29 Å². The molecule has 0 saturated carbocycles. The highest BCUT2D eigenvalue weighted by Gasteiger charge is 2.07. The second-order valence-corrected chi connectivity index (χ2v) is 5.97. The first-order valence-corrected chi connectivity index (χ1v) is 9.34. The second-order valence-electron chi connectivity index (χ2n) is 5.97. The molecule has 0 aliphatic rings. The zero-order valence-corrected chi connectivity index (χ0v) is 16.0. The van der Waals surface area contributed by atoms with E-state index in [1.165, 1.54) is 0 Å². The molecule has 1 radical (unpaired) electrons. The van der Waals surface area contributed by atoms with Crippen LogP contribution in [0.1, 0.15) is 71.1 Å². The van der Waals surface area contributed by atoms with Crippen molar-refractivity contribution in [1.29, 1.82) is 0 Å². The lowest BCUT2D eigenvalue weighted by molar-refractivity contribution is -0.427. The van der Waals surface area contributed by atoms with Gasteiger partial charge in [-0.25, -0.2) is 0 Å². The van der Waals surface area contributed by atoms with Gasteiger partial charge in [0.25, 0.3) is 0 Å². The van der Waals surface area contributed by atoms with E-state index in [1.54, 1.807) is 25.2 Å². The van der Waals surface area contributed by atoms with E-state index in [0.717, 1.165) is 25.7 Å². The third kappa shape index (κ3) is 14.3. The summed E-state index contributed by atoms with van der Waals surface area (Å²) in [5.74, 6) is 0. The molecule has 149 valence electrons. The molecule has 0 amide bonds. The Labute approximate surface area is 160 Å². The van der Waals surface area contributed by atoms with Gasteiger partial charge in [-0.15, -0.1) is 0 Å². The Morgan fingerprint density at radius 1 is 0.852 bits per heavy atom. The van der Waals surface area contributed by atoms with Crippen molar-refractivity contribution in [1.82, 2.24) is 0 Å². The minimum absolute atomic E-state index is 0.193. The summed E-state index contributed by atoms with van der Waals surface area (Å²) in [6.07, 6.45) is 19.0. The zero-order valence-electron chi connectivity index (χ0n) is 16.0. The van der Waals surface area contributed by atoms with Gasteiger partial charge in [0.05, 0.1) is 16.3 Å². The molecule has 0 bridgehead atoms. The second kappa shape index (κ2) is 16.9. The van der Waals surface area contributed by atoms with Crippen molar-refractivity contribution in [3.8, 4) is 0 Å². The minimum Gasteiger partial charge on any atom is -0.291 e. The summed E-state index contributed by atoms with van der Waals surface area (Å²) in [6, 6.07) is 0. The number of nitro groups is 2. The van der Waals surface area contributed by atoms with Crippen LogP contribution >= 0.6 is 0 Å². The van der Waals surface area contributed by atoms with Gasteiger partial charge in [-0.3, -0.25) is 25.0 Å². The summed E-state index contributed by atoms with van der Waals surface area (Å²) in [4.78, 5) is 31.0. The van der Waals surface area contributed by atoms with Gasteiger partial charge in [-0.05, 0) is 44.3 Å². The highest BCUT2D eigenvalue weighted by atomic mass is 16.6. The Hall–Kier alpha value is -2.57. The van der Waals surface area contributed by atoms with E-state index in [0.29, 0.717) is 32.1 Å². The molecule has 0 unspecified atom stereocenters. The zero-order chi connectivity index (χ0) is 20.3. The SMILES string of the molecule is CC/C(=C\C/C=C\C/C=C\C/C(=C\CCCCCC[C]=O)[N+](=O)[O-])[N+](=O)[O-]. The lowest BCUT2D eigenvalue weighted by Crippen LogP contribution is -1.97. The Morgan fingerprint density at radius 3 is 2.11 bits per heavy atom. The summed E-state index contributed by atoms with van der Waals surface area (Å²) in [6.45, 7) is 1.74. The van der Waals surface area contributed by atoms with Crippen LogP contribution in [0.2, 0.25) is 0 Å². The molecular formula is C20H29N2O5. The number of allylic oxidation sites excluding steroid dienone is 7. The van der Waals surface area contributed by atoms with Crippen LogP contribution in [0, 0.1) is 20.2 Å². The molecule has 0 heterocycles. The van der Waals surface area contributed by atoms with Crippen LogP contribution in [0.4, 0.5) is 0 Å². The van der Waals surface area contributed by atoms with Gasteiger partial charge in [-0.2, -0.15) is 0 Å². The van der Waals surface area contributed by atoms with Crippen LogP contribution in [0.15, 0.2) is 47.9 Å². The highest BCUT2D eigenvalue weighted by molar-refractivity contribution is 5.50. The summed E-state index contributed by atoms with van der Waals surface area (Å²) in [5.41, 5.74) is 0.399. The molecule has 27 heavy (non-hydrogen) atoms. The predicted octanol–water partition coefficient (Wildman–Crippen LogP) is 5.45. The fraction of sp³-hybridized carbons (Fsp3) is 0.550. The first-order chi connectivity index (χ1) is 13.0. The molecule has 0 N–H and O–H groups in total. The molecule has 0 atom stereocenters. The Morgan fingerprint density at radius 2 is 1.48 bits per heavy atom. The van der Waals surface area contributed by atoms with E-state index in [4.69, 9.17) is 0 Å². The van der Waals surface area contributed by atoms with E-state index in [9.17, 15) is 25.0 Å². The number of hydrogen-bond acceptors (Lipinski definition) is 5. The molecule has 0 saturated heterocycles. The molecule has 0 aromatic carbocycles. The fourth-order valence-electron chi connectivity index (χ4n) is 2.32. The first kappa shape index (κ1) is 24.4. The smallest absolute Gasteiger partial charge is 0.246 e. The number of rotatable bonds is 16. The van der Waals surface area contributed by atoms with Gasteiger partial charge < -0.3 is 0 Å². The molecule has 0 aliphatic heterocycles. The normalized spacial score (nSPS) is 12.8. The average molecular weight is 377 g/mol. The molecular weight excluding hydrogens is 348 g/mol. The van der Waals surface area contributed by atoms with E-state index in [-0.39, 0.29) is 27.7 Å². The molecule has 7 nitrogen and oxygen atoms in total.